The van der Waals surface area contributed by atoms with E-state index in [0.717, 1.165) is 32.2 Å². The van der Waals surface area contributed by atoms with Crippen LogP contribution < -0.4 is 0 Å². The Bertz CT molecular complexity index is 331. The Kier molecular flexibility index (Phi) is 5.34. The van der Waals surface area contributed by atoms with Gasteiger partial charge in [-0.05, 0) is 25.7 Å². The number of nitrogens with zero attached hydrogens (tertiary/aromatic N) is 1. The molecule has 2 unspecified atom stereocenters. The zero-order chi connectivity index (χ0) is 13.7. The van der Waals surface area contributed by atoms with Crippen LogP contribution in [0.3, 0.4) is 0 Å². The number of ketones is 1. The van der Waals surface area contributed by atoms with Gasteiger partial charge in [0.1, 0.15) is 12.4 Å². The lowest BCUT2D eigenvalue weighted by molar-refractivity contribution is -0.139. The third-order valence-electron chi connectivity index (χ3n) is 4.09. The summed E-state index contributed by atoms with van der Waals surface area (Å²) < 4.78 is 10.2. The van der Waals surface area contributed by atoms with Crippen LogP contribution >= 0.6 is 0 Å². The molecule has 2 rings (SSSR count). The number of likely N-dealkylation sites (tertiary alicyclic amines) is 1. The topological polar surface area (TPSA) is 55.8 Å². The van der Waals surface area contributed by atoms with E-state index in [1.807, 2.05) is 4.90 Å². The molecule has 0 aromatic carbocycles. The first-order chi connectivity index (χ1) is 9.24. The van der Waals surface area contributed by atoms with E-state index in [1.54, 1.807) is 7.11 Å². The number of amides is 1. The van der Waals surface area contributed by atoms with Gasteiger partial charge in [0.2, 0.25) is 5.91 Å². The number of hydrogen-bond donors (Lipinski definition) is 0. The number of rotatable bonds is 6. The molecule has 1 amide bonds. The maximum atomic E-state index is 12.1. The lowest BCUT2D eigenvalue weighted by atomic mass is 9.95. The second-order valence-electron chi connectivity index (χ2n) is 5.31. The smallest absolute Gasteiger partial charge is 0.248 e. The van der Waals surface area contributed by atoms with Crippen molar-refractivity contribution < 1.29 is 19.1 Å². The fraction of sp³-hybridized carbons (Fsp3) is 0.857. The lowest BCUT2D eigenvalue weighted by Gasteiger charge is -2.28. The van der Waals surface area contributed by atoms with Crippen LogP contribution in [0.15, 0.2) is 0 Å². The first-order valence-electron chi connectivity index (χ1n) is 7.13. The highest BCUT2D eigenvalue weighted by Crippen LogP contribution is 2.33. The SMILES string of the molecule is COCCOCC(=O)N1CCCC1C1CCCC1=O. The molecular formula is C14H23NO4. The number of hydrogen-bond acceptors (Lipinski definition) is 4. The summed E-state index contributed by atoms with van der Waals surface area (Å²) in [6.45, 7) is 1.79. The van der Waals surface area contributed by atoms with Gasteiger partial charge < -0.3 is 14.4 Å². The minimum absolute atomic E-state index is 0.0123. The van der Waals surface area contributed by atoms with Gasteiger partial charge in [0.25, 0.3) is 0 Å². The van der Waals surface area contributed by atoms with Crippen molar-refractivity contribution in [3.63, 3.8) is 0 Å². The molecule has 19 heavy (non-hydrogen) atoms. The monoisotopic (exact) mass is 269 g/mol. The summed E-state index contributed by atoms with van der Waals surface area (Å²) in [6, 6.07) is 0.119. The molecule has 0 spiro atoms. The normalized spacial score (nSPS) is 27.2. The molecule has 2 aliphatic rings. The molecule has 0 N–H and O–H groups in total. The number of methoxy groups -OCH3 is 1. The van der Waals surface area contributed by atoms with E-state index in [-0.39, 0.29) is 24.5 Å². The van der Waals surface area contributed by atoms with Crippen molar-refractivity contribution in [1.29, 1.82) is 0 Å². The number of Topliss-reactive ketones (excluding diaryl/α,β-unsaturated/α-hetero) is 1. The Morgan fingerprint density at radius 1 is 1.32 bits per heavy atom. The Morgan fingerprint density at radius 3 is 2.84 bits per heavy atom. The fourth-order valence-corrected chi connectivity index (χ4v) is 3.15. The van der Waals surface area contributed by atoms with Crippen molar-refractivity contribution in [2.75, 3.05) is 33.5 Å². The van der Waals surface area contributed by atoms with E-state index in [0.29, 0.717) is 25.4 Å². The van der Waals surface area contributed by atoms with E-state index in [1.165, 1.54) is 0 Å². The quantitative estimate of drug-likeness (QED) is 0.675. The Labute approximate surface area is 114 Å². The van der Waals surface area contributed by atoms with E-state index in [4.69, 9.17) is 9.47 Å². The molecule has 1 saturated heterocycles. The van der Waals surface area contributed by atoms with Crippen LogP contribution in [0.5, 0.6) is 0 Å². The second kappa shape index (κ2) is 7.01. The summed E-state index contributed by atoms with van der Waals surface area (Å²) in [5.74, 6) is 0.425. The van der Waals surface area contributed by atoms with Gasteiger partial charge in [-0.3, -0.25) is 9.59 Å². The lowest BCUT2D eigenvalue weighted by Crippen LogP contribution is -2.43. The van der Waals surface area contributed by atoms with Crippen LogP contribution in [0.2, 0.25) is 0 Å². The van der Waals surface area contributed by atoms with Gasteiger partial charge in [-0.1, -0.05) is 0 Å². The molecule has 0 aromatic rings. The molecule has 108 valence electrons. The molecule has 1 aliphatic heterocycles. The van der Waals surface area contributed by atoms with Crippen LogP contribution in [0.25, 0.3) is 0 Å². The fourth-order valence-electron chi connectivity index (χ4n) is 3.15. The molecule has 2 fully saturated rings. The van der Waals surface area contributed by atoms with Crippen molar-refractivity contribution in [3.8, 4) is 0 Å². The summed E-state index contributed by atoms with van der Waals surface area (Å²) >= 11 is 0. The van der Waals surface area contributed by atoms with Gasteiger partial charge in [0.05, 0.1) is 13.2 Å². The van der Waals surface area contributed by atoms with Gasteiger partial charge in [-0.15, -0.1) is 0 Å². The predicted octanol–water partition coefficient (Wildman–Crippen LogP) is 1.01. The van der Waals surface area contributed by atoms with E-state index >= 15 is 0 Å². The minimum Gasteiger partial charge on any atom is -0.382 e. The second-order valence-corrected chi connectivity index (χ2v) is 5.31. The molecule has 0 radical (unpaired) electrons. The van der Waals surface area contributed by atoms with Gasteiger partial charge in [-0.25, -0.2) is 0 Å². The van der Waals surface area contributed by atoms with E-state index in [2.05, 4.69) is 0 Å². The molecular weight excluding hydrogens is 246 g/mol. The maximum Gasteiger partial charge on any atom is 0.248 e. The third kappa shape index (κ3) is 3.54. The van der Waals surface area contributed by atoms with Gasteiger partial charge in [0, 0.05) is 32.0 Å². The molecule has 5 heteroatoms. The van der Waals surface area contributed by atoms with Crippen molar-refractivity contribution in [2.24, 2.45) is 5.92 Å². The largest absolute Gasteiger partial charge is 0.382 e. The molecule has 0 bridgehead atoms. The molecule has 1 aliphatic carbocycles. The highest BCUT2D eigenvalue weighted by Gasteiger charge is 2.39. The van der Waals surface area contributed by atoms with E-state index < -0.39 is 0 Å². The molecule has 1 heterocycles. The third-order valence-corrected chi connectivity index (χ3v) is 4.09. The van der Waals surface area contributed by atoms with Gasteiger partial charge in [0.15, 0.2) is 0 Å². The van der Waals surface area contributed by atoms with Crippen LogP contribution in [-0.4, -0.2) is 56.1 Å². The number of ether oxygens (including phenoxy) is 2. The van der Waals surface area contributed by atoms with Gasteiger partial charge >= 0.3 is 0 Å². The summed E-state index contributed by atoms with van der Waals surface area (Å²) in [6.07, 6.45) is 4.57. The average molecular weight is 269 g/mol. The predicted molar refractivity (Wildman–Crippen MR) is 69.8 cm³/mol. The Hall–Kier alpha value is -0.940. The van der Waals surface area contributed by atoms with Crippen molar-refractivity contribution in [2.45, 2.75) is 38.1 Å². The van der Waals surface area contributed by atoms with Gasteiger partial charge in [-0.2, -0.15) is 0 Å². The van der Waals surface area contributed by atoms with Crippen LogP contribution in [0.4, 0.5) is 0 Å². The van der Waals surface area contributed by atoms with Crippen molar-refractivity contribution in [1.82, 2.24) is 4.90 Å². The van der Waals surface area contributed by atoms with Crippen LogP contribution in [0.1, 0.15) is 32.1 Å². The molecule has 0 aromatic heterocycles. The van der Waals surface area contributed by atoms with Crippen LogP contribution in [0, 0.1) is 5.92 Å². The molecule has 1 saturated carbocycles. The number of carbonyl (C=O) groups excluding carboxylic acids is 2. The first-order valence-corrected chi connectivity index (χ1v) is 7.13. The zero-order valence-corrected chi connectivity index (χ0v) is 11.6. The Morgan fingerprint density at radius 2 is 2.16 bits per heavy atom. The minimum atomic E-state index is 0.0123. The van der Waals surface area contributed by atoms with Crippen molar-refractivity contribution >= 4 is 11.7 Å². The standard InChI is InChI=1S/C14H23NO4/c1-18-8-9-19-10-14(17)15-7-3-5-12(15)11-4-2-6-13(11)16/h11-12H,2-10H2,1H3. The average Bonchev–Trinajstić information content (AvgIpc) is 3.02. The Balaban J connectivity index is 1.84. The summed E-state index contributed by atoms with van der Waals surface area (Å²) in [4.78, 5) is 25.8. The molecule has 2 atom stereocenters. The highest BCUT2D eigenvalue weighted by atomic mass is 16.5. The zero-order valence-electron chi connectivity index (χ0n) is 11.6. The summed E-state index contributed by atoms with van der Waals surface area (Å²) in [5.41, 5.74) is 0. The summed E-state index contributed by atoms with van der Waals surface area (Å²) in [5, 5.41) is 0. The van der Waals surface area contributed by atoms with Crippen molar-refractivity contribution in [3.05, 3.63) is 0 Å². The number of carbonyl (C=O) groups is 2. The van der Waals surface area contributed by atoms with E-state index in [9.17, 15) is 9.59 Å². The highest BCUT2D eigenvalue weighted by molar-refractivity contribution is 5.85. The first kappa shape index (κ1) is 14.5. The van der Waals surface area contributed by atoms with Crippen LogP contribution in [-0.2, 0) is 19.1 Å². The maximum absolute atomic E-state index is 12.1. The summed E-state index contributed by atoms with van der Waals surface area (Å²) in [7, 11) is 1.60. The molecule has 5 nitrogen and oxygen atoms in total.